The molecule has 0 aliphatic carbocycles. The van der Waals surface area contributed by atoms with E-state index in [-0.39, 0.29) is 4.90 Å². The van der Waals surface area contributed by atoms with Gasteiger partial charge >= 0.3 is 0 Å². The van der Waals surface area contributed by atoms with Gasteiger partial charge in [-0.2, -0.15) is 0 Å². The lowest BCUT2D eigenvalue weighted by atomic mass is 10.1. The molecule has 168 valence electrons. The van der Waals surface area contributed by atoms with Crippen LogP contribution in [0.25, 0.3) is 11.1 Å². The van der Waals surface area contributed by atoms with Crippen LogP contribution in [0.4, 0.5) is 23.0 Å². The van der Waals surface area contributed by atoms with Gasteiger partial charge in [0, 0.05) is 35.4 Å². The zero-order valence-corrected chi connectivity index (χ0v) is 18.8. The first kappa shape index (κ1) is 22.2. The van der Waals surface area contributed by atoms with Crippen LogP contribution in [-0.2, 0) is 10.0 Å². The summed E-state index contributed by atoms with van der Waals surface area (Å²) in [5.74, 6) is 1.82. The number of methoxy groups -OCH3 is 1. The molecule has 0 aliphatic heterocycles. The van der Waals surface area contributed by atoms with E-state index >= 15 is 0 Å². The summed E-state index contributed by atoms with van der Waals surface area (Å²) in [6.07, 6.45) is 4.86. The number of benzene rings is 2. The molecule has 33 heavy (non-hydrogen) atoms. The molecule has 0 amide bonds. The van der Waals surface area contributed by atoms with Crippen LogP contribution < -0.4 is 20.1 Å². The number of ether oxygens (including phenoxy) is 1. The number of hydrogen-bond donors (Lipinski definition) is 3. The molecule has 0 unspecified atom stereocenters. The number of hydrogen-bond acceptors (Lipinski definition) is 8. The summed E-state index contributed by atoms with van der Waals surface area (Å²) < 4.78 is 31.8. The molecule has 0 bridgehead atoms. The molecule has 0 radical (unpaired) electrons. The first-order valence-electron chi connectivity index (χ1n) is 9.96. The molecule has 0 spiro atoms. The van der Waals surface area contributed by atoms with E-state index in [4.69, 9.17) is 4.74 Å². The highest BCUT2D eigenvalue weighted by Gasteiger charge is 2.12. The van der Waals surface area contributed by atoms with Crippen LogP contribution in [-0.4, -0.2) is 37.5 Å². The molecule has 3 N–H and O–H groups in total. The maximum absolute atomic E-state index is 12.0. The van der Waals surface area contributed by atoms with Crippen LogP contribution in [0.3, 0.4) is 0 Å². The Kier molecular flexibility index (Phi) is 6.48. The summed E-state index contributed by atoms with van der Waals surface area (Å²) in [6.45, 7) is 0. The fraction of sp³-hybridized carbons (Fsp3) is 0.0870. The average molecular weight is 463 g/mol. The minimum atomic E-state index is -3.54. The third kappa shape index (κ3) is 5.25. The fourth-order valence-corrected chi connectivity index (χ4v) is 3.97. The zero-order chi connectivity index (χ0) is 23.3. The number of nitrogens with one attached hydrogen (secondary N) is 3. The van der Waals surface area contributed by atoms with Gasteiger partial charge in [-0.3, -0.25) is 4.98 Å². The number of nitrogens with zero attached hydrogens (tertiary/aromatic N) is 3. The minimum Gasteiger partial charge on any atom is -0.496 e. The summed E-state index contributed by atoms with van der Waals surface area (Å²) in [4.78, 5) is 12.8. The van der Waals surface area contributed by atoms with E-state index in [0.29, 0.717) is 17.3 Å². The average Bonchev–Trinajstić information content (AvgIpc) is 2.84. The van der Waals surface area contributed by atoms with Crippen LogP contribution >= 0.6 is 0 Å². The van der Waals surface area contributed by atoms with Crippen molar-refractivity contribution in [1.29, 1.82) is 0 Å². The van der Waals surface area contributed by atoms with Gasteiger partial charge < -0.3 is 15.4 Å². The topological polar surface area (TPSA) is 118 Å². The van der Waals surface area contributed by atoms with E-state index in [1.807, 2.05) is 30.3 Å². The fourth-order valence-electron chi connectivity index (χ4n) is 3.19. The smallest absolute Gasteiger partial charge is 0.240 e. The molecular weight excluding hydrogens is 440 g/mol. The van der Waals surface area contributed by atoms with Crippen molar-refractivity contribution in [3.8, 4) is 16.9 Å². The van der Waals surface area contributed by atoms with Crippen molar-refractivity contribution in [2.75, 3.05) is 24.8 Å². The van der Waals surface area contributed by atoms with Crippen LogP contribution in [0.2, 0.25) is 0 Å². The first-order valence-corrected chi connectivity index (χ1v) is 11.4. The molecule has 10 heteroatoms. The molecule has 0 fully saturated rings. The van der Waals surface area contributed by atoms with Crippen molar-refractivity contribution in [2.24, 2.45) is 0 Å². The van der Waals surface area contributed by atoms with Gasteiger partial charge in [0.25, 0.3) is 0 Å². The Labute approximate surface area is 192 Å². The Morgan fingerprint density at radius 1 is 0.879 bits per heavy atom. The molecule has 2 heterocycles. The van der Waals surface area contributed by atoms with Gasteiger partial charge in [-0.05, 0) is 49.0 Å². The Hall–Kier alpha value is -4.02. The van der Waals surface area contributed by atoms with E-state index in [9.17, 15) is 8.42 Å². The van der Waals surface area contributed by atoms with Crippen molar-refractivity contribution >= 4 is 33.0 Å². The zero-order valence-electron chi connectivity index (χ0n) is 18.0. The van der Waals surface area contributed by atoms with Gasteiger partial charge in [-0.1, -0.05) is 18.2 Å². The van der Waals surface area contributed by atoms with Crippen molar-refractivity contribution in [2.45, 2.75) is 4.90 Å². The maximum Gasteiger partial charge on any atom is 0.240 e. The lowest BCUT2D eigenvalue weighted by molar-refractivity contribution is 0.416. The molecule has 0 saturated carbocycles. The van der Waals surface area contributed by atoms with Crippen LogP contribution in [0, 0.1) is 0 Å². The number of aromatic nitrogens is 3. The number of sulfonamides is 1. The van der Waals surface area contributed by atoms with Crippen LogP contribution in [0.1, 0.15) is 0 Å². The van der Waals surface area contributed by atoms with Crippen LogP contribution in [0.15, 0.2) is 84.3 Å². The van der Waals surface area contributed by atoms with E-state index < -0.39 is 10.0 Å². The third-order valence-corrected chi connectivity index (χ3v) is 6.21. The quantitative estimate of drug-likeness (QED) is 0.360. The van der Waals surface area contributed by atoms with Gasteiger partial charge in [0.05, 0.1) is 12.0 Å². The second-order valence-corrected chi connectivity index (χ2v) is 8.82. The molecular formula is C23H22N6O3S. The predicted molar refractivity (Wildman–Crippen MR) is 128 cm³/mol. The monoisotopic (exact) mass is 462 g/mol. The van der Waals surface area contributed by atoms with Crippen molar-refractivity contribution in [3.63, 3.8) is 0 Å². The number of anilines is 4. The Morgan fingerprint density at radius 3 is 2.27 bits per heavy atom. The largest absolute Gasteiger partial charge is 0.496 e. The highest BCUT2D eigenvalue weighted by Crippen LogP contribution is 2.31. The summed E-state index contributed by atoms with van der Waals surface area (Å²) in [6, 6.07) is 17.8. The van der Waals surface area contributed by atoms with Crippen LogP contribution in [0.5, 0.6) is 5.75 Å². The van der Waals surface area contributed by atoms with Crippen molar-refractivity contribution in [3.05, 3.63) is 79.4 Å². The lowest BCUT2D eigenvalue weighted by Crippen LogP contribution is -2.18. The summed E-state index contributed by atoms with van der Waals surface area (Å²) in [5.41, 5.74) is 3.23. The molecule has 9 nitrogen and oxygen atoms in total. The molecule has 0 saturated heterocycles. The molecule has 0 aliphatic rings. The molecule has 4 aromatic rings. The third-order valence-electron chi connectivity index (χ3n) is 4.80. The number of rotatable bonds is 8. The second kappa shape index (κ2) is 9.63. The second-order valence-electron chi connectivity index (χ2n) is 6.93. The Balaban J connectivity index is 1.55. The first-order chi connectivity index (χ1) is 16.0. The molecule has 4 rings (SSSR count). The Morgan fingerprint density at radius 2 is 1.58 bits per heavy atom. The van der Waals surface area contributed by atoms with Gasteiger partial charge in [-0.25, -0.2) is 23.1 Å². The SMILES string of the molecule is CNS(=O)(=O)c1cccc(Nc2cc(Nc3cccc(-c4cnccc4OC)c3)ncn2)c1. The predicted octanol–water partition coefficient (Wildman–Crippen LogP) is 3.94. The van der Waals surface area contributed by atoms with Gasteiger partial charge in [0.15, 0.2) is 0 Å². The Bertz CT molecular complexity index is 1380. The van der Waals surface area contributed by atoms with Gasteiger partial charge in [-0.15, -0.1) is 0 Å². The summed E-state index contributed by atoms with van der Waals surface area (Å²) in [5, 5.41) is 6.38. The highest BCUT2D eigenvalue weighted by molar-refractivity contribution is 7.89. The summed E-state index contributed by atoms with van der Waals surface area (Å²) >= 11 is 0. The van der Waals surface area contributed by atoms with Gasteiger partial charge in [0.2, 0.25) is 10.0 Å². The number of pyridine rings is 1. The molecule has 2 aromatic carbocycles. The summed E-state index contributed by atoms with van der Waals surface area (Å²) in [7, 11) is -0.545. The van der Waals surface area contributed by atoms with Gasteiger partial charge in [0.1, 0.15) is 23.7 Å². The van der Waals surface area contributed by atoms with E-state index in [0.717, 1.165) is 22.6 Å². The highest BCUT2D eigenvalue weighted by atomic mass is 32.2. The molecule has 2 aromatic heterocycles. The normalized spacial score (nSPS) is 11.1. The van der Waals surface area contributed by atoms with Crippen molar-refractivity contribution in [1.82, 2.24) is 19.7 Å². The van der Waals surface area contributed by atoms with E-state index in [2.05, 4.69) is 30.3 Å². The lowest BCUT2D eigenvalue weighted by Gasteiger charge is -2.12. The van der Waals surface area contributed by atoms with E-state index in [1.165, 1.54) is 25.5 Å². The maximum atomic E-state index is 12.0. The van der Waals surface area contributed by atoms with E-state index in [1.54, 1.807) is 37.7 Å². The minimum absolute atomic E-state index is 0.157. The standard InChI is InChI=1S/C23H22N6O3S/c1-24-33(30,31)19-8-4-7-18(12-19)29-23-13-22(26-15-27-23)28-17-6-3-5-16(11-17)20-14-25-10-9-21(20)32-2/h3-15,24H,1-2H3,(H2,26,27,28,29). The van der Waals surface area contributed by atoms with Crippen molar-refractivity contribution < 1.29 is 13.2 Å². The molecule has 0 atom stereocenters.